The highest BCUT2D eigenvalue weighted by Gasteiger charge is 2.27. The third-order valence-electron chi connectivity index (χ3n) is 5.59. The van der Waals surface area contributed by atoms with Gasteiger partial charge >= 0.3 is 0 Å². The van der Waals surface area contributed by atoms with Gasteiger partial charge in [0.05, 0.1) is 11.9 Å². The Morgan fingerprint density at radius 2 is 2.15 bits per heavy atom. The molecule has 2 aromatic rings. The van der Waals surface area contributed by atoms with Crippen LogP contribution in [0.5, 0.6) is 0 Å². The van der Waals surface area contributed by atoms with Crippen LogP contribution in [0.3, 0.4) is 0 Å². The van der Waals surface area contributed by atoms with Crippen LogP contribution in [0.25, 0.3) is 0 Å². The molecule has 1 atom stereocenters. The van der Waals surface area contributed by atoms with Gasteiger partial charge in [-0.05, 0) is 38.0 Å². The standard InChI is InChI=1S/C19H25N5OS/c1-2-13-3-4-15-16(11-13)26-19(22-15)23-18(25)14-5-9-24(10-6-14)17-12-20-7-8-21-17/h7-8,12-14H,2-6,9-11H2,1H3,(H,22,23,25). The van der Waals surface area contributed by atoms with Crippen LogP contribution in [-0.4, -0.2) is 33.9 Å². The first-order chi connectivity index (χ1) is 12.7. The second-order valence-corrected chi connectivity index (χ2v) is 8.30. The Morgan fingerprint density at radius 3 is 2.88 bits per heavy atom. The molecule has 1 N–H and O–H groups in total. The van der Waals surface area contributed by atoms with E-state index in [1.165, 1.54) is 23.4 Å². The fourth-order valence-electron chi connectivity index (χ4n) is 3.88. The summed E-state index contributed by atoms with van der Waals surface area (Å²) in [5.41, 5.74) is 1.20. The molecule has 0 spiro atoms. The Kier molecular flexibility index (Phi) is 5.15. The smallest absolute Gasteiger partial charge is 0.229 e. The SMILES string of the molecule is CCC1CCc2nc(NC(=O)C3CCN(c4cnccn4)CC3)sc2C1. The number of amides is 1. The number of carbonyl (C=O) groups excluding carboxylic acids is 1. The number of piperidine rings is 1. The summed E-state index contributed by atoms with van der Waals surface area (Å²) in [5.74, 6) is 1.83. The molecular weight excluding hydrogens is 346 g/mol. The van der Waals surface area contributed by atoms with Crippen LogP contribution in [0.1, 0.15) is 43.2 Å². The molecule has 1 aliphatic carbocycles. The lowest BCUT2D eigenvalue weighted by Gasteiger charge is -2.31. The molecule has 3 heterocycles. The molecule has 7 heteroatoms. The average Bonchev–Trinajstić information content (AvgIpc) is 3.10. The lowest BCUT2D eigenvalue weighted by atomic mass is 9.89. The Labute approximate surface area is 158 Å². The van der Waals surface area contributed by atoms with Crippen molar-refractivity contribution in [3.05, 3.63) is 29.2 Å². The minimum absolute atomic E-state index is 0.0484. The molecule has 0 aromatic carbocycles. The lowest BCUT2D eigenvalue weighted by Crippen LogP contribution is -2.38. The summed E-state index contributed by atoms with van der Waals surface area (Å²) in [4.78, 5) is 29.4. The Hall–Kier alpha value is -2.02. The summed E-state index contributed by atoms with van der Waals surface area (Å²) in [6, 6.07) is 0. The molecule has 1 unspecified atom stereocenters. The number of fused-ring (bicyclic) bond motifs is 1. The zero-order valence-electron chi connectivity index (χ0n) is 15.1. The first-order valence-corrected chi connectivity index (χ1v) is 10.3. The number of hydrogen-bond acceptors (Lipinski definition) is 6. The van der Waals surface area contributed by atoms with E-state index < -0.39 is 0 Å². The molecule has 2 aromatic heterocycles. The van der Waals surface area contributed by atoms with Crippen LogP contribution in [-0.2, 0) is 17.6 Å². The number of rotatable bonds is 4. The Balaban J connectivity index is 1.33. The van der Waals surface area contributed by atoms with Gasteiger partial charge in [-0.3, -0.25) is 9.78 Å². The van der Waals surface area contributed by atoms with E-state index in [2.05, 4.69) is 32.1 Å². The number of hydrogen-bond donors (Lipinski definition) is 1. The normalized spacial score (nSPS) is 20.7. The van der Waals surface area contributed by atoms with Gasteiger partial charge in [0.2, 0.25) is 5.91 Å². The van der Waals surface area contributed by atoms with Gasteiger partial charge in [-0.25, -0.2) is 9.97 Å². The van der Waals surface area contributed by atoms with E-state index in [4.69, 9.17) is 0 Å². The summed E-state index contributed by atoms with van der Waals surface area (Å²) in [6.45, 7) is 3.93. The Morgan fingerprint density at radius 1 is 1.31 bits per heavy atom. The molecule has 1 amide bonds. The molecule has 0 radical (unpaired) electrons. The molecule has 2 aliphatic rings. The van der Waals surface area contributed by atoms with Crippen molar-refractivity contribution in [1.82, 2.24) is 15.0 Å². The molecule has 4 rings (SSSR count). The van der Waals surface area contributed by atoms with Gasteiger partial charge in [-0.2, -0.15) is 0 Å². The van der Waals surface area contributed by atoms with Crippen molar-refractivity contribution in [3.8, 4) is 0 Å². The van der Waals surface area contributed by atoms with Crippen LogP contribution < -0.4 is 10.2 Å². The molecule has 0 saturated carbocycles. The van der Waals surface area contributed by atoms with Gasteiger partial charge in [0, 0.05) is 36.3 Å². The molecule has 1 saturated heterocycles. The van der Waals surface area contributed by atoms with Gasteiger partial charge in [-0.1, -0.05) is 13.3 Å². The first kappa shape index (κ1) is 17.4. The number of aromatic nitrogens is 3. The molecule has 6 nitrogen and oxygen atoms in total. The summed E-state index contributed by atoms with van der Waals surface area (Å²) >= 11 is 1.67. The Bertz CT molecular complexity index is 755. The summed E-state index contributed by atoms with van der Waals surface area (Å²) in [5, 5.41) is 3.86. The van der Waals surface area contributed by atoms with Gasteiger partial charge in [0.25, 0.3) is 0 Å². The molecule has 26 heavy (non-hydrogen) atoms. The van der Waals surface area contributed by atoms with Crippen molar-refractivity contribution in [3.63, 3.8) is 0 Å². The molecule has 1 aliphatic heterocycles. The van der Waals surface area contributed by atoms with E-state index in [1.807, 2.05) is 0 Å². The number of nitrogens with one attached hydrogen (secondary N) is 1. The number of carbonyl (C=O) groups is 1. The van der Waals surface area contributed by atoms with Crippen LogP contribution in [0.4, 0.5) is 10.9 Å². The van der Waals surface area contributed by atoms with E-state index in [9.17, 15) is 4.79 Å². The number of nitrogens with zero attached hydrogens (tertiary/aromatic N) is 4. The van der Waals surface area contributed by atoms with Crippen molar-refractivity contribution in [2.24, 2.45) is 11.8 Å². The second-order valence-electron chi connectivity index (χ2n) is 7.22. The van der Waals surface area contributed by atoms with E-state index in [-0.39, 0.29) is 11.8 Å². The number of aryl methyl sites for hydroxylation is 1. The maximum absolute atomic E-state index is 12.7. The summed E-state index contributed by atoms with van der Waals surface area (Å²) < 4.78 is 0. The maximum atomic E-state index is 12.7. The lowest BCUT2D eigenvalue weighted by molar-refractivity contribution is -0.120. The van der Waals surface area contributed by atoms with Gasteiger partial charge in [0.1, 0.15) is 5.82 Å². The van der Waals surface area contributed by atoms with E-state index in [1.54, 1.807) is 29.9 Å². The zero-order chi connectivity index (χ0) is 17.9. The van der Waals surface area contributed by atoms with E-state index >= 15 is 0 Å². The van der Waals surface area contributed by atoms with Crippen LogP contribution in [0.2, 0.25) is 0 Å². The van der Waals surface area contributed by atoms with Crippen LogP contribution in [0.15, 0.2) is 18.6 Å². The van der Waals surface area contributed by atoms with Gasteiger partial charge < -0.3 is 10.2 Å². The predicted octanol–water partition coefficient (Wildman–Crippen LogP) is 3.30. The zero-order valence-corrected chi connectivity index (χ0v) is 16.0. The fraction of sp³-hybridized carbons (Fsp3) is 0.579. The van der Waals surface area contributed by atoms with Gasteiger partial charge in [0.15, 0.2) is 5.13 Å². The topological polar surface area (TPSA) is 71.0 Å². The van der Waals surface area contributed by atoms with Crippen molar-refractivity contribution < 1.29 is 4.79 Å². The average molecular weight is 372 g/mol. The van der Waals surface area contributed by atoms with Crippen molar-refractivity contribution in [1.29, 1.82) is 0 Å². The molecule has 1 fully saturated rings. The number of anilines is 2. The first-order valence-electron chi connectivity index (χ1n) is 9.53. The van der Waals surface area contributed by atoms with E-state index in [0.29, 0.717) is 0 Å². The van der Waals surface area contributed by atoms with E-state index in [0.717, 1.165) is 55.6 Å². The quantitative estimate of drug-likeness (QED) is 0.893. The van der Waals surface area contributed by atoms with Crippen molar-refractivity contribution >= 4 is 28.2 Å². The number of thiazole rings is 1. The van der Waals surface area contributed by atoms with Crippen molar-refractivity contribution in [2.75, 3.05) is 23.3 Å². The van der Waals surface area contributed by atoms with Gasteiger partial charge in [-0.15, -0.1) is 11.3 Å². The largest absolute Gasteiger partial charge is 0.355 e. The summed E-state index contributed by atoms with van der Waals surface area (Å²) in [6.07, 6.45) is 11.5. The van der Waals surface area contributed by atoms with Crippen molar-refractivity contribution in [2.45, 2.75) is 45.4 Å². The predicted molar refractivity (Wildman–Crippen MR) is 104 cm³/mol. The minimum Gasteiger partial charge on any atom is -0.355 e. The highest BCUT2D eigenvalue weighted by atomic mass is 32.1. The minimum atomic E-state index is 0.0484. The molecular formula is C19H25N5OS. The second kappa shape index (κ2) is 7.70. The summed E-state index contributed by atoms with van der Waals surface area (Å²) in [7, 11) is 0. The van der Waals surface area contributed by atoms with Crippen LogP contribution >= 0.6 is 11.3 Å². The fourth-order valence-corrected chi connectivity index (χ4v) is 5.00. The molecule has 0 bridgehead atoms. The molecule has 138 valence electrons. The van der Waals surface area contributed by atoms with Crippen LogP contribution in [0, 0.1) is 11.8 Å². The maximum Gasteiger partial charge on any atom is 0.229 e. The highest BCUT2D eigenvalue weighted by molar-refractivity contribution is 7.15. The highest BCUT2D eigenvalue weighted by Crippen LogP contribution is 2.34. The third-order valence-corrected chi connectivity index (χ3v) is 6.62. The monoisotopic (exact) mass is 371 g/mol. The third kappa shape index (κ3) is 3.72.